The van der Waals surface area contributed by atoms with Crippen LogP contribution in [0.2, 0.25) is 0 Å². The minimum absolute atomic E-state index is 0.202. The van der Waals surface area contributed by atoms with Gasteiger partial charge in [0.2, 0.25) is 5.91 Å². The summed E-state index contributed by atoms with van der Waals surface area (Å²) in [4.78, 5) is 25.7. The molecule has 20 heavy (non-hydrogen) atoms. The Labute approximate surface area is 118 Å². The summed E-state index contributed by atoms with van der Waals surface area (Å²) < 4.78 is 0. The summed E-state index contributed by atoms with van der Waals surface area (Å²) >= 11 is 0. The molecule has 1 amide bonds. The Hall–Kier alpha value is -1.88. The van der Waals surface area contributed by atoms with Crippen LogP contribution >= 0.6 is 0 Å². The number of hydrogen-bond acceptors (Lipinski definition) is 3. The Balaban J connectivity index is 2.46. The van der Waals surface area contributed by atoms with Gasteiger partial charge >= 0.3 is 5.97 Å². The number of hydrogen-bond donors (Lipinski definition) is 2. The molecule has 2 atom stereocenters. The summed E-state index contributed by atoms with van der Waals surface area (Å²) in [6.45, 7) is 3.88. The van der Waals surface area contributed by atoms with Crippen LogP contribution in [0.1, 0.15) is 25.8 Å². The van der Waals surface area contributed by atoms with E-state index in [1.807, 2.05) is 25.1 Å². The number of nitrogens with zero attached hydrogens (tertiary/aromatic N) is 1. The van der Waals surface area contributed by atoms with Gasteiger partial charge in [0.25, 0.3) is 0 Å². The largest absolute Gasteiger partial charge is 0.480 e. The number of aliphatic carboxylic acids is 1. The second-order valence-corrected chi connectivity index (χ2v) is 5.48. The van der Waals surface area contributed by atoms with Crippen molar-refractivity contribution in [3.63, 3.8) is 0 Å². The first-order chi connectivity index (χ1) is 9.44. The van der Waals surface area contributed by atoms with Gasteiger partial charge in [-0.25, -0.2) is 4.79 Å². The van der Waals surface area contributed by atoms with Gasteiger partial charge in [0, 0.05) is 18.7 Å². The smallest absolute Gasteiger partial charge is 0.327 e. The van der Waals surface area contributed by atoms with Crippen molar-refractivity contribution >= 4 is 17.6 Å². The number of carboxylic acid groups (broad SMARTS) is 1. The molecule has 1 heterocycles. The van der Waals surface area contributed by atoms with Gasteiger partial charge in [-0.3, -0.25) is 9.69 Å². The van der Waals surface area contributed by atoms with Crippen molar-refractivity contribution in [2.24, 2.45) is 11.1 Å². The van der Waals surface area contributed by atoms with E-state index in [1.54, 1.807) is 13.0 Å². The van der Waals surface area contributed by atoms with Crippen molar-refractivity contribution in [2.75, 3.05) is 11.4 Å². The molecular formula is C15H20N2O3. The average molecular weight is 276 g/mol. The fourth-order valence-electron chi connectivity index (χ4n) is 2.51. The predicted octanol–water partition coefficient (Wildman–Crippen LogP) is 1.40. The zero-order chi connectivity index (χ0) is 14.9. The van der Waals surface area contributed by atoms with Crippen molar-refractivity contribution in [3.8, 4) is 0 Å². The van der Waals surface area contributed by atoms with E-state index >= 15 is 0 Å². The number of carbonyl (C=O) groups excluding carboxylic acids is 1. The SMILES string of the molecule is CCC(C)(CN)C(=O)N1c2ccccc2C[C@H]1C(=O)O. The van der Waals surface area contributed by atoms with Crippen LogP contribution < -0.4 is 10.6 Å². The fourth-order valence-corrected chi connectivity index (χ4v) is 2.51. The quantitative estimate of drug-likeness (QED) is 0.870. The molecule has 5 nitrogen and oxygen atoms in total. The molecule has 0 spiro atoms. The van der Waals surface area contributed by atoms with Crippen LogP contribution in [0.15, 0.2) is 24.3 Å². The van der Waals surface area contributed by atoms with E-state index in [2.05, 4.69) is 0 Å². The molecule has 1 unspecified atom stereocenters. The van der Waals surface area contributed by atoms with Gasteiger partial charge < -0.3 is 10.8 Å². The summed E-state index contributed by atoms with van der Waals surface area (Å²) in [6, 6.07) is 6.49. The second kappa shape index (κ2) is 5.25. The molecule has 0 aromatic heterocycles. The van der Waals surface area contributed by atoms with Crippen LogP contribution in [0.25, 0.3) is 0 Å². The number of carbonyl (C=O) groups is 2. The first-order valence-corrected chi connectivity index (χ1v) is 6.79. The fraction of sp³-hybridized carbons (Fsp3) is 0.467. The number of anilines is 1. The van der Waals surface area contributed by atoms with Gasteiger partial charge in [0.05, 0.1) is 5.41 Å². The lowest BCUT2D eigenvalue weighted by molar-refractivity contribution is -0.141. The molecule has 0 aliphatic carbocycles. The molecule has 0 fully saturated rings. The van der Waals surface area contributed by atoms with Gasteiger partial charge in [-0.2, -0.15) is 0 Å². The summed E-state index contributed by atoms with van der Waals surface area (Å²) in [5, 5.41) is 9.39. The van der Waals surface area contributed by atoms with E-state index in [0.717, 1.165) is 5.56 Å². The number of amides is 1. The van der Waals surface area contributed by atoms with Crippen molar-refractivity contribution in [3.05, 3.63) is 29.8 Å². The molecule has 3 N–H and O–H groups in total. The van der Waals surface area contributed by atoms with Crippen LogP contribution in [0, 0.1) is 5.41 Å². The maximum atomic E-state index is 12.8. The topological polar surface area (TPSA) is 83.6 Å². The number of benzene rings is 1. The highest BCUT2D eigenvalue weighted by molar-refractivity contribution is 6.04. The standard InChI is InChI=1S/C15H20N2O3/c1-3-15(2,9-16)14(20)17-11-7-5-4-6-10(11)8-12(17)13(18)19/h4-7,12H,3,8-9,16H2,1-2H3,(H,18,19)/t12-,15?/m0/s1. The first kappa shape index (κ1) is 14.5. The second-order valence-electron chi connectivity index (χ2n) is 5.48. The lowest BCUT2D eigenvalue weighted by Gasteiger charge is -2.33. The van der Waals surface area contributed by atoms with Crippen molar-refractivity contribution in [1.82, 2.24) is 0 Å². The molecule has 1 aromatic carbocycles. The molecule has 2 rings (SSSR count). The van der Waals surface area contributed by atoms with E-state index < -0.39 is 17.4 Å². The molecule has 1 aliphatic rings. The minimum Gasteiger partial charge on any atom is -0.480 e. The number of nitrogens with two attached hydrogens (primary N) is 1. The van der Waals surface area contributed by atoms with Gasteiger partial charge in [0.15, 0.2) is 0 Å². The van der Waals surface area contributed by atoms with E-state index in [1.165, 1.54) is 4.90 Å². The summed E-state index contributed by atoms with van der Waals surface area (Å²) in [6.07, 6.45) is 0.926. The summed E-state index contributed by atoms with van der Waals surface area (Å²) in [7, 11) is 0. The van der Waals surface area contributed by atoms with Gasteiger partial charge in [-0.15, -0.1) is 0 Å². The molecule has 0 saturated heterocycles. The van der Waals surface area contributed by atoms with Crippen molar-refractivity contribution < 1.29 is 14.7 Å². The third kappa shape index (κ3) is 2.18. The highest BCUT2D eigenvalue weighted by Gasteiger charge is 2.44. The predicted molar refractivity (Wildman–Crippen MR) is 76.5 cm³/mol. The average Bonchev–Trinajstić information content (AvgIpc) is 2.85. The summed E-state index contributed by atoms with van der Waals surface area (Å²) in [5.74, 6) is -1.19. The third-order valence-corrected chi connectivity index (χ3v) is 4.23. The van der Waals surface area contributed by atoms with Crippen LogP contribution in [0.4, 0.5) is 5.69 Å². The van der Waals surface area contributed by atoms with Gasteiger partial charge in [-0.1, -0.05) is 25.1 Å². The Morgan fingerprint density at radius 3 is 2.65 bits per heavy atom. The zero-order valence-corrected chi connectivity index (χ0v) is 11.8. The van der Waals surface area contributed by atoms with Crippen LogP contribution in [0.3, 0.4) is 0 Å². The molecule has 1 aliphatic heterocycles. The monoisotopic (exact) mass is 276 g/mol. The molecule has 1 aromatic rings. The van der Waals surface area contributed by atoms with E-state index in [-0.39, 0.29) is 12.5 Å². The summed E-state index contributed by atoms with van der Waals surface area (Å²) in [5.41, 5.74) is 6.59. The van der Waals surface area contributed by atoms with Crippen molar-refractivity contribution in [2.45, 2.75) is 32.7 Å². The Morgan fingerprint density at radius 2 is 2.10 bits per heavy atom. The van der Waals surface area contributed by atoms with Crippen LogP contribution in [0.5, 0.6) is 0 Å². The van der Waals surface area contributed by atoms with Crippen LogP contribution in [-0.4, -0.2) is 29.6 Å². The number of carboxylic acids is 1. The number of rotatable bonds is 4. The van der Waals surface area contributed by atoms with Crippen LogP contribution in [-0.2, 0) is 16.0 Å². The van der Waals surface area contributed by atoms with Crippen molar-refractivity contribution in [1.29, 1.82) is 0 Å². The number of para-hydroxylation sites is 1. The van der Waals surface area contributed by atoms with Gasteiger partial charge in [0.1, 0.15) is 6.04 Å². The molecule has 0 bridgehead atoms. The lowest BCUT2D eigenvalue weighted by Crippen LogP contribution is -2.51. The minimum atomic E-state index is -0.981. The maximum Gasteiger partial charge on any atom is 0.327 e. The third-order valence-electron chi connectivity index (χ3n) is 4.23. The zero-order valence-electron chi connectivity index (χ0n) is 11.8. The molecular weight excluding hydrogens is 256 g/mol. The molecule has 108 valence electrons. The van der Waals surface area contributed by atoms with E-state index in [4.69, 9.17) is 5.73 Å². The molecule has 5 heteroatoms. The Morgan fingerprint density at radius 1 is 1.45 bits per heavy atom. The van der Waals surface area contributed by atoms with E-state index in [9.17, 15) is 14.7 Å². The highest BCUT2D eigenvalue weighted by atomic mass is 16.4. The highest BCUT2D eigenvalue weighted by Crippen LogP contribution is 2.36. The molecule has 0 radical (unpaired) electrons. The molecule has 0 saturated carbocycles. The normalized spacial score (nSPS) is 20.4. The van der Waals surface area contributed by atoms with E-state index in [0.29, 0.717) is 18.5 Å². The maximum absolute atomic E-state index is 12.8. The Kier molecular flexibility index (Phi) is 3.81. The Bertz CT molecular complexity index is 538. The van der Waals surface area contributed by atoms with Gasteiger partial charge in [-0.05, 0) is 25.0 Å². The number of fused-ring (bicyclic) bond motifs is 1. The first-order valence-electron chi connectivity index (χ1n) is 6.79. The lowest BCUT2D eigenvalue weighted by atomic mass is 9.85.